The summed E-state index contributed by atoms with van der Waals surface area (Å²) in [6, 6.07) is 16.3. The normalized spacial score (nSPS) is 19.9. The molecule has 2 atom stereocenters. The van der Waals surface area contributed by atoms with E-state index in [1.807, 2.05) is 45.0 Å². The Balaban J connectivity index is 1.22. The van der Waals surface area contributed by atoms with Crippen LogP contribution in [0.5, 0.6) is 0 Å². The quantitative estimate of drug-likeness (QED) is 0.388. The summed E-state index contributed by atoms with van der Waals surface area (Å²) in [7, 11) is 0. The number of nitrogens with one attached hydrogen (secondary N) is 1. The zero-order valence-corrected chi connectivity index (χ0v) is 24.2. The van der Waals surface area contributed by atoms with E-state index in [1.54, 1.807) is 4.90 Å². The van der Waals surface area contributed by atoms with Crippen molar-refractivity contribution in [2.45, 2.75) is 57.6 Å². The maximum absolute atomic E-state index is 13.2. The topological polar surface area (TPSA) is 112 Å². The first-order valence-electron chi connectivity index (χ1n) is 14.0. The lowest BCUT2D eigenvalue weighted by atomic mass is 9.87. The molecule has 10 heteroatoms. The number of benzene rings is 2. The molecule has 0 radical (unpaired) electrons. The lowest BCUT2D eigenvalue weighted by molar-refractivity contribution is -0.119. The Hall–Kier alpha value is -3.92. The van der Waals surface area contributed by atoms with Crippen molar-refractivity contribution in [1.29, 1.82) is 0 Å². The fourth-order valence-electron chi connectivity index (χ4n) is 6.25. The van der Waals surface area contributed by atoms with E-state index in [-0.39, 0.29) is 23.8 Å². The van der Waals surface area contributed by atoms with Gasteiger partial charge in [-0.2, -0.15) is 0 Å². The Morgan fingerprint density at radius 1 is 1.05 bits per heavy atom. The number of carbonyl (C=O) groups is 3. The molecule has 0 bridgehead atoms. The van der Waals surface area contributed by atoms with E-state index in [9.17, 15) is 19.5 Å². The van der Waals surface area contributed by atoms with Gasteiger partial charge in [0.05, 0.1) is 22.5 Å². The van der Waals surface area contributed by atoms with Gasteiger partial charge in [0.1, 0.15) is 5.60 Å². The summed E-state index contributed by atoms with van der Waals surface area (Å²) in [4.78, 5) is 46.7. The highest BCUT2D eigenvalue weighted by Crippen LogP contribution is 2.50. The molecule has 9 nitrogen and oxygen atoms in total. The Morgan fingerprint density at radius 2 is 1.71 bits per heavy atom. The molecule has 41 heavy (non-hydrogen) atoms. The predicted molar refractivity (Wildman–Crippen MR) is 156 cm³/mol. The number of amides is 3. The smallest absolute Gasteiger partial charge is 0.410 e. The van der Waals surface area contributed by atoms with Gasteiger partial charge in [-0.25, -0.2) is 14.6 Å². The van der Waals surface area contributed by atoms with Crippen molar-refractivity contribution in [3.05, 3.63) is 70.2 Å². The highest BCUT2D eigenvalue weighted by molar-refractivity contribution is 7.16. The number of nitrogens with zero attached hydrogens (tertiary/aromatic N) is 3. The molecule has 1 aliphatic carbocycles. The van der Waals surface area contributed by atoms with Crippen LogP contribution in [0.15, 0.2) is 48.5 Å². The summed E-state index contributed by atoms with van der Waals surface area (Å²) >= 11 is 1.36. The highest BCUT2D eigenvalue weighted by atomic mass is 32.1. The minimum absolute atomic E-state index is 0.0534. The van der Waals surface area contributed by atoms with Crippen molar-refractivity contribution in [2.75, 3.05) is 25.0 Å². The van der Waals surface area contributed by atoms with E-state index in [0.29, 0.717) is 44.0 Å². The van der Waals surface area contributed by atoms with E-state index >= 15 is 0 Å². The monoisotopic (exact) mass is 574 g/mol. The minimum atomic E-state index is -0.951. The SMILES string of the molecule is CC(C)(C)OC(=O)N1CCC(C(=O)Nc2nc3c(s2)C(CC2c4ccccc4-c4ccccc42)N(C(=O)O)CC3)C1. The summed E-state index contributed by atoms with van der Waals surface area (Å²) in [5.41, 5.74) is 5.05. The van der Waals surface area contributed by atoms with E-state index < -0.39 is 17.8 Å². The molecule has 3 heterocycles. The molecule has 2 aromatic carbocycles. The molecular weight excluding hydrogens is 540 g/mol. The number of hydrogen-bond donors (Lipinski definition) is 2. The van der Waals surface area contributed by atoms with Crippen LogP contribution in [0, 0.1) is 5.92 Å². The standard InChI is InChI=1S/C31H34N4O5S/c1-31(2,3)40-30(39)34-14-12-18(17-34)27(36)33-28-32-24-13-15-35(29(37)38)25(26(24)41-28)16-23-21-10-6-4-8-19(21)20-9-5-7-11-22(20)23/h4-11,18,23,25H,12-17H2,1-3H3,(H,37,38)(H,32,33,36). The Morgan fingerprint density at radius 3 is 2.34 bits per heavy atom. The molecule has 214 valence electrons. The summed E-state index contributed by atoms with van der Waals surface area (Å²) in [5.74, 6) is -0.494. The average molecular weight is 575 g/mol. The molecule has 1 aromatic heterocycles. The highest BCUT2D eigenvalue weighted by Gasteiger charge is 2.39. The molecule has 3 aromatic rings. The second-order valence-corrected chi connectivity index (χ2v) is 13.0. The lowest BCUT2D eigenvalue weighted by Gasteiger charge is -2.34. The van der Waals surface area contributed by atoms with Crippen molar-refractivity contribution < 1.29 is 24.2 Å². The molecular formula is C31H34N4O5S. The van der Waals surface area contributed by atoms with Crippen LogP contribution in [-0.4, -0.2) is 63.2 Å². The van der Waals surface area contributed by atoms with Gasteiger partial charge in [0.25, 0.3) is 0 Å². The summed E-state index contributed by atoms with van der Waals surface area (Å²) in [6.07, 6.45) is 0.275. The third-order valence-corrected chi connectivity index (χ3v) is 9.22. The number of thiazole rings is 1. The van der Waals surface area contributed by atoms with E-state index in [2.05, 4.69) is 29.6 Å². The molecule has 3 aliphatic rings. The number of carboxylic acid groups (broad SMARTS) is 1. The van der Waals surface area contributed by atoms with Crippen LogP contribution in [0.3, 0.4) is 0 Å². The van der Waals surface area contributed by atoms with Gasteiger partial charge in [0.15, 0.2) is 5.13 Å². The van der Waals surface area contributed by atoms with Crippen molar-refractivity contribution >= 4 is 34.6 Å². The zero-order chi connectivity index (χ0) is 28.9. The molecule has 2 aliphatic heterocycles. The Kier molecular flexibility index (Phi) is 6.97. The van der Waals surface area contributed by atoms with Gasteiger partial charge in [-0.3, -0.25) is 4.79 Å². The third-order valence-electron chi connectivity index (χ3n) is 8.10. The number of rotatable bonds is 4. The molecule has 2 N–H and O–H groups in total. The molecule has 0 saturated carbocycles. The summed E-state index contributed by atoms with van der Waals surface area (Å²) < 4.78 is 5.46. The van der Waals surface area contributed by atoms with E-state index in [4.69, 9.17) is 9.72 Å². The van der Waals surface area contributed by atoms with Gasteiger partial charge in [0.2, 0.25) is 5.91 Å². The number of aromatic nitrogens is 1. The first-order valence-corrected chi connectivity index (χ1v) is 14.9. The zero-order valence-electron chi connectivity index (χ0n) is 23.4. The first kappa shape index (κ1) is 27.3. The molecule has 0 spiro atoms. The molecule has 1 fully saturated rings. The summed E-state index contributed by atoms with van der Waals surface area (Å²) in [6.45, 7) is 6.56. The maximum Gasteiger partial charge on any atom is 0.410 e. The number of hydrogen-bond acceptors (Lipinski definition) is 6. The number of carbonyl (C=O) groups excluding carboxylic acids is 2. The largest absolute Gasteiger partial charge is 0.465 e. The lowest BCUT2D eigenvalue weighted by Crippen LogP contribution is -2.39. The van der Waals surface area contributed by atoms with Crippen molar-refractivity contribution in [2.24, 2.45) is 5.92 Å². The predicted octanol–water partition coefficient (Wildman–Crippen LogP) is 6.12. The van der Waals surface area contributed by atoms with Crippen LogP contribution < -0.4 is 5.32 Å². The van der Waals surface area contributed by atoms with Crippen LogP contribution in [0.25, 0.3) is 11.1 Å². The fourth-order valence-corrected chi connectivity index (χ4v) is 7.40. The van der Waals surface area contributed by atoms with Crippen molar-refractivity contribution in [1.82, 2.24) is 14.8 Å². The van der Waals surface area contributed by atoms with Crippen LogP contribution in [0.4, 0.5) is 14.7 Å². The Bertz CT molecular complexity index is 1470. The van der Waals surface area contributed by atoms with Crippen LogP contribution in [0.1, 0.15) is 67.3 Å². The average Bonchev–Trinajstić information content (AvgIpc) is 3.65. The second-order valence-electron chi connectivity index (χ2n) is 11.9. The van der Waals surface area contributed by atoms with Crippen molar-refractivity contribution in [3.8, 4) is 11.1 Å². The molecule has 3 amide bonds. The van der Waals surface area contributed by atoms with Gasteiger partial charge in [-0.05, 0) is 55.9 Å². The minimum Gasteiger partial charge on any atom is -0.465 e. The Labute approximate surface area is 243 Å². The number of ether oxygens (including phenoxy) is 1. The van der Waals surface area contributed by atoms with Crippen LogP contribution in [0.2, 0.25) is 0 Å². The second kappa shape index (κ2) is 10.5. The van der Waals surface area contributed by atoms with Crippen LogP contribution in [-0.2, 0) is 16.0 Å². The molecule has 2 unspecified atom stereocenters. The van der Waals surface area contributed by atoms with Gasteiger partial charge in [-0.15, -0.1) is 0 Å². The van der Waals surface area contributed by atoms with Gasteiger partial charge >= 0.3 is 12.2 Å². The molecule has 6 rings (SSSR count). The van der Waals surface area contributed by atoms with E-state index in [1.165, 1.54) is 38.5 Å². The number of anilines is 1. The first-order chi connectivity index (χ1) is 19.6. The fraction of sp³-hybridized carbons (Fsp3) is 0.419. The molecule has 1 saturated heterocycles. The van der Waals surface area contributed by atoms with E-state index in [0.717, 1.165) is 10.6 Å². The number of likely N-dealkylation sites (tertiary alicyclic amines) is 1. The van der Waals surface area contributed by atoms with Crippen molar-refractivity contribution in [3.63, 3.8) is 0 Å². The summed E-state index contributed by atoms with van der Waals surface area (Å²) in [5, 5.41) is 13.6. The van der Waals surface area contributed by atoms with Gasteiger partial charge in [0, 0.05) is 32.0 Å². The van der Waals surface area contributed by atoms with Gasteiger partial charge in [-0.1, -0.05) is 59.9 Å². The number of fused-ring (bicyclic) bond motifs is 4. The third kappa shape index (κ3) is 5.28. The van der Waals surface area contributed by atoms with Gasteiger partial charge < -0.3 is 25.0 Å². The van der Waals surface area contributed by atoms with Crippen LogP contribution >= 0.6 is 11.3 Å². The maximum atomic E-state index is 13.2.